The second kappa shape index (κ2) is 11.1. The Kier molecular flexibility index (Phi) is 8.50. The van der Waals surface area contributed by atoms with E-state index in [-0.39, 0.29) is 5.75 Å². The molecule has 1 aliphatic carbocycles. The quantitative estimate of drug-likeness (QED) is 0.337. The van der Waals surface area contributed by atoms with Gasteiger partial charge in [-0.2, -0.15) is 4.31 Å². The van der Waals surface area contributed by atoms with Gasteiger partial charge in [-0.1, -0.05) is 24.3 Å². The first-order chi connectivity index (χ1) is 14.5. The van der Waals surface area contributed by atoms with Crippen molar-refractivity contribution in [2.24, 2.45) is 10.9 Å². The molecule has 0 atom stereocenters. The molecule has 1 heterocycles. The monoisotopic (exact) mass is 438 g/mol. The van der Waals surface area contributed by atoms with E-state index in [9.17, 15) is 8.42 Å². The number of hydrogen-bond acceptors (Lipinski definition) is 5. The Morgan fingerprint density at radius 2 is 1.97 bits per heavy atom. The first-order valence-electron chi connectivity index (χ1n) is 10.6. The fraction of sp³-hybridized carbons (Fsp3) is 0.667. The van der Waals surface area contributed by atoms with Gasteiger partial charge in [-0.3, -0.25) is 4.99 Å². The molecule has 0 spiro atoms. The van der Waals surface area contributed by atoms with E-state index in [4.69, 9.17) is 9.47 Å². The van der Waals surface area contributed by atoms with Crippen LogP contribution in [0.1, 0.15) is 24.0 Å². The fourth-order valence-corrected chi connectivity index (χ4v) is 4.95. The van der Waals surface area contributed by atoms with Crippen molar-refractivity contribution in [3.63, 3.8) is 0 Å². The molecule has 1 saturated carbocycles. The van der Waals surface area contributed by atoms with Gasteiger partial charge in [0.15, 0.2) is 5.96 Å². The van der Waals surface area contributed by atoms with Crippen molar-refractivity contribution in [3.8, 4) is 0 Å². The summed E-state index contributed by atoms with van der Waals surface area (Å²) in [5, 5.41) is 3.35. The highest BCUT2D eigenvalue weighted by Gasteiger charge is 2.25. The summed E-state index contributed by atoms with van der Waals surface area (Å²) in [5.41, 5.74) is 1.76. The van der Waals surface area contributed by atoms with Gasteiger partial charge in [0.1, 0.15) is 0 Å². The van der Waals surface area contributed by atoms with Crippen molar-refractivity contribution < 1.29 is 17.9 Å². The van der Waals surface area contributed by atoms with Crippen molar-refractivity contribution in [1.82, 2.24) is 14.5 Å². The zero-order valence-corrected chi connectivity index (χ0v) is 18.9. The summed E-state index contributed by atoms with van der Waals surface area (Å²) in [4.78, 5) is 6.37. The smallest absolute Gasteiger partial charge is 0.218 e. The average Bonchev–Trinajstić information content (AvgIpc) is 3.58. The average molecular weight is 439 g/mol. The highest BCUT2D eigenvalue weighted by atomic mass is 32.2. The van der Waals surface area contributed by atoms with Crippen LogP contribution in [0.15, 0.2) is 29.3 Å². The van der Waals surface area contributed by atoms with Crippen LogP contribution in [-0.2, 0) is 31.8 Å². The van der Waals surface area contributed by atoms with Gasteiger partial charge < -0.3 is 19.7 Å². The molecule has 2 aliphatic rings. The second-order valence-corrected chi connectivity index (χ2v) is 9.85. The van der Waals surface area contributed by atoms with E-state index in [0.29, 0.717) is 39.5 Å². The molecule has 8 nitrogen and oxygen atoms in total. The molecule has 1 aromatic rings. The van der Waals surface area contributed by atoms with Crippen LogP contribution in [0.25, 0.3) is 0 Å². The van der Waals surface area contributed by atoms with Gasteiger partial charge in [-0.25, -0.2) is 8.42 Å². The lowest BCUT2D eigenvalue weighted by Crippen LogP contribution is -2.41. The van der Waals surface area contributed by atoms with Gasteiger partial charge in [0.25, 0.3) is 0 Å². The van der Waals surface area contributed by atoms with E-state index in [1.807, 2.05) is 36.2 Å². The minimum atomic E-state index is -3.37. The normalized spacial score (nSPS) is 18.4. The lowest BCUT2D eigenvalue weighted by Gasteiger charge is -2.26. The maximum atomic E-state index is 12.8. The highest BCUT2D eigenvalue weighted by Crippen LogP contribution is 2.28. The topological polar surface area (TPSA) is 83.5 Å². The van der Waals surface area contributed by atoms with E-state index < -0.39 is 10.0 Å². The zero-order chi connectivity index (χ0) is 21.4. The number of rotatable bonds is 10. The lowest BCUT2D eigenvalue weighted by molar-refractivity contribution is 0.0729. The van der Waals surface area contributed by atoms with Crippen LogP contribution in [0, 0.1) is 5.92 Å². The van der Waals surface area contributed by atoms with E-state index in [2.05, 4.69) is 10.3 Å². The van der Waals surface area contributed by atoms with Gasteiger partial charge in [0.05, 0.1) is 25.6 Å². The molecule has 0 aromatic heterocycles. The number of likely N-dealkylation sites (N-methyl/N-ethyl adjacent to an activating group) is 1. The maximum absolute atomic E-state index is 12.8. The fourth-order valence-electron chi connectivity index (χ4n) is 3.38. The number of hydrogen-bond donors (Lipinski definition) is 1. The number of morpholine rings is 1. The van der Waals surface area contributed by atoms with Gasteiger partial charge in [0.2, 0.25) is 10.0 Å². The number of aliphatic imine (C=N–C) groups is 1. The van der Waals surface area contributed by atoms with Crippen molar-refractivity contribution in [2.75, 3.05) is 60.2 Å². The third-order valence-electron chi connectivity index (χ3n) is 5.45. The Morgan fingerprint density at radius 3 is 2.63 bits per heavy atom. The molecule has 0 amide bonds. The van der Waals surface area contributed by atoms with Crippen LogP contribution in [0.2, 0.25) is 0 Å². The Morgan fingerprint density at radius 1 is 1.27 bits per heavy atom. The third-order valence-corrected chi connectivity index (χ3v) is 7.28. The summed E-state index contributed by atoms with van der Waals surface area (Å²) >= 11 is 0. The number of nitrogens with one attached hydrogen (secondary N) is 1. The zero-order valence-electron chi connectivity index (χ0n) is 18.0. The summed E-state index contributed by atoms with van der Waals surface area (Å²) in [7, 11) is 0.358. The molecular weight excluding hydrogens is 404 g/mol. The summed E-state index contributed by atoms with van der Waals surface area (Å²) < 4.78 is 38.1. The van der Waals surface area contributed by atoms with Crippen LogP contribution in [0.5, 0.6) is 0 Å². The Labute approximate surface area is 180 Å². The Balaban J connectivity index is 1.54. The van der Waals surface area contributed by atoms with Crippen LogP contribution < -0.4 is 5.32 Å². The van der Waals surface area contributed by atoms with Gasteiger partial charge in [0, 0.05) is 46.9 Å². The molecule has 1 aliphatic heterocycles. The SMILES string of the molecule is CN=C(NCc1ccccc1CS(=O)(=O)N1CCOCC1)N(C)CCOCC1CC1. The summed E-state index contributed by atoms with van der Waals surface area (Å²) in [6.07, 6.45) is 2.58. The van der Waals surface area contributed by atoms with Crippen LogP contribution in [0.4, 0.5) is 0 Å². The molecule has 1 saturated heterocycles. The van der Waals surface area contributed by atoms with Crippen molar-refractivity contribution in [3.05, 3.63) is 35.4 Å². The standard InChI is InChI=1S/C21H34N4O4S/c1-22-21(24(2)9-12-29-16-18-7-8-18)23-15-19-5-3-4-6-20(19)17-30(26,27)25-10-13-28-14-11-25/h3-6,18H,7-17H2,1-2H3,(H,22,23). The van der Waals surface area contributed by atoms with Crippen molar-refractivity contribution >= 4 is 16.0 Å². The molecule has 0 bridgehead atoms. The molecule has 0 unspecified atom stereocenters. The van der Waals surface area contributed by atoms with Gasteiger partial charge in [-0.15, -0.1) is 0 Å². The summed E-state index contributed by atoms with van der Waals surface area (Å²) in [6, 6.07) is 7.66. The molecule has 1 aromatic carbocycles. The minimum absolute atomic E-state index is 0.00565. The maximum Gasteiger partial charge on any atom is 0.218 e. The molecule has 9 heteroatoms. The van der Waals surface area contributed by atoms with E-state index in [1.54, 1.807) is 7.05 Å². The molecule has 0 radical (unpaired) electrons. The molecular formula is C21H34N4O4S. The first kappa shape index (κ1) is 23.0. The van der Waals surface area contributed by atoms with Gasteiger partial charge in [-0.05, 0) is 29.9 Å². The van der Waals surface area contributed by atoms with Gasteiger partial charge >= 0.3 is 0 Å². The van der Waals surface area contributed by atoms with Crippen LogP contribution >= 0.6 is 0 Å². The largest absolute Gasteiger partial charge is 0.379 e. The number of sulfonamides is 1. The summed E-state index contributed by atoms with van der Waals surface area (Å²) in [5.74, 6) is 1.52. The molecule has 3 rings (SSSR count). The minimum Gasteiger partial charge on any atom is -0.379 e. The Bertz CT molecular complexity index is 805. The number of nitrogens with zero attached hydrogens (tertiary/aromatic N) is 3. The Hall–Kier alpha value is -1.68. The third kappa shape index (κ3) is 6.94. The molecule has 1 N–H and O–H groups in total. The van der Waals surface area contributed by atoms with Crippen molar-refractivity contribution in [2.45, 2.75) is 25.1 Å². The predicted octanol–water partition coefficient (Wildman–Crippen LogP) is 1.28. The van der Waals surface area contributed by atoms with E-state index in [0.717, 1.165) is 36.2 Å². The molecule has 168 valence electrons. The predicted molar refractivity (Wildman–Crippen MR) is 118 cm³/mol. The van der Waals surface area contributed by atoms with E-state index in [1.165, 1.54) is 17.1 Å². The number of benzene rings is 1. The van der Waals surface area contributed by atoms with Crippen LogP contribution in [-0.4, -0.2) is 83.7 Å². The molecule has 2 fully saturated rings. The number of ether oxygens (including phenoxy) is 2. The summed E-state index contributed by atoms with van der Waals surface area (Å²) in [6.45, 7) is 4.53. The molecule has 30 heavy (non-hydrogen) atoms. The number of guanidine groups is 1. The second-order valence-electron chi connectivity index (χ2n) is 7.88. The highest BCUT2D eigenvalue weighted by molar-refractivity contribution is 7.88. The first-order valence-corrected chi connectivity index (χ1v) is 12.2. The van der Waals surface area contributed by atoms with Crippen molar-refractivity contribution in [1.29, 1.82) is 0 Å². The van der Waals surface area contributed by atoms with E-state index >= 15 is 0 Å². The lowest BCUT2D eigenvalue weighted by atomic mass is 10.1. The van der Waals surface area contributed by atoms with Crippen LogP contribution in [0.3, 0.4) is 0 Å².